The van der Waals surface area contributed by atoms with Gasteiger partial charge in [-0.15, -0.1) is 0 Å². The molecule has 2 aromatic carbocycles. The zero-order chi connectivity index (χ0) is 14.0. The minimum absolute atomic E-state index is 0.226. The van der Waals surface area contributed by atoms with Crippen LogP contribution in [0.25, 0.3) is 0 Å². The standard InChI is InChI=1S/C15H14ClF2N/c1-9-2-5-13(17)12(6-9)15(19)7-10-3-4-11(16)8-14(10)18/h2-6,8,15H,7,19H2,1H3. The Balaban J connectivity index is 2.25. The van der Waals surface area contributed by atoms with Crippen LogP contribution in [0, 0.1) is 18.6 Å². The lowest BCUT2D eigenvalue weighted by atomic mass is 9.97. The van der Waals surface area contributed by atoms with E-state index in [1.54, 1.807) is 24.3 Å². The Morgan fingerprint density at radius 3 is 2.53 bits per heavy atom. The van der Waals surface area contributed by atoms with Crippen LogP contribution in [0.1, 0.15) is 22.7 Å². The summed E-state index contributed by atoms with van der Waals surface area (Å²) >= 11 is 5.69. The van der Waals surface area contributed by atoms with E-state index < -0.39 is 11.9 Å². The van der Waals surface area contributed by atoms with Crippen molar-refractivity contribution in [3.8, 4) is 0 Å². The van der Waals surface area contributed by atoms with Crippen LogP contribution in [-0.2, 0) is 6.42 Å². The van der Waals surface area contributed by atoms with Crippen LogP contribution in [0.5, 0.6) is 0 Å². The molecule has 0 aliphatic heterocycles. The molecule has 0 heterocycles. The number of benzene rings is 2. The first-order valence-electron chi connectivity index (χ1n) is 5.93. The molecular weight excluding hydrogens is 268 g/mol. The summed E-state index contributed by atoms with van der Waals surface area (Å²) in [6.07, 6.45) is 0.226. The topological polar surface area (TPSA) is 26.0 Å². The van der Waals surface area contributed by atoms with E-state index in [4.69, 9.17) is 17.3 Å². The minimum atomic E-state index is -0.587. The molecule has 0 aliphatic rings. The summed E-state index contributed by atoms with van der Waals surface area (Å²) in [5.74, 6) is -0.788. The van der Waals surface area contributed by atoms with Gasteiger partial charge in [0.2, 0.25) is 0 Å². The molecule has 19 heavy (non-hydrogen) atoms. The van der Waals surface area contributed by atoms with Crippen LogP contribution in [0.3, 0.4) is 0 Å². The first-order valence-corrected chi connectivity index (χ1v) is 6.30. The molecule has 0 bridgehead atoms. The molecule has 2 rings (SSSR count). The van der Waals surface area contributed by atoms with Crippen LogP contribution in [0.2, 0.25) is 5.02 Å². The van der Waals surface area contributed by atoms with Gasteiger partial charge in [0.15, 0.2) is 0 Å². The van der Waals surface area contributed by atoms with E-state index in [1.165, 1.54) is 12.1 Å². The molecule has 1 unspecified atom stereocenters. The quantitative estimate of drug-likeness (QED) is 0.898. The van der Waals surface area contributed by atoms with Crippen LogP contribution >= 0.6 is 11.6 Å². The van der Waals surface area contributed by atoms with Crippen molar-refractivity contribution in [2.75, 3.05) is 0 Å². The van der Waals surface area contributed by atoms with Crippen molar-refractivity contribution >= 4 is 11.6 Å². The highest BCUT2D eigenvalue weighted by molar-refractivity contribution is 6.30. The number of rotatable bonds is 3. The number of nitrogens with two attached hydrogens (primary N) is 1. The van der Waals surface area contributed by atoms with Gasteiger partial charge in [-0.3, -0.25) is 0 Å². The Morgan fingerprint density at radius 2 is 1.84 bits per heavy atom. The van der Waals surface area contributed by atoms with E-state index in [-0.39, 0.29) is 12.2 Å². The molecule has 0 radical (unpaired) electrons. The third kappa shape index (κ3) is 3.31. The zero-order valence-electron chi connectivity index (χ0n) is 10.5. The van der Waals surface area contributed by atoms with Gasteiger partial charge < -0.3 is 5.73 Å². The number of aryl methyl sites for hydroxylation is 1. The molecule has 0 fully saturated rings. The number of hydrogen-bond donors (Lipinski definition) is 1. The molecule has 2 aromatic rings. The largest absolute Gasteiger partial charge is 0.324 e. The van der Waals surface area contributed by atoms with Crippen molar-refractivity contribution in [2.45, 2.75) is 19.4 Å². The highest BCUT2D eigenvalue weighted by Crippen LogP contribution is 2.23. The van der Waals surface area contributed by atoms with Crippen LogP contribution in [0.15, 0.2) is 36.4 Å². The molecule has 1 atom stereocenters. The third-order valence-corrected chi connectivity index (χ3v) is 3.24. The van der Waals surface area contributed by atoms with Crippen molar-refractivity contribution in [1.29, 1.82) is 0 Å². The second-order valence-corrected chi connectivity index (χ2v) is 5.01. The molecule has 4 heteroatoms. The van der Waals surface area contributed by atoms with E-state index in [9.17, 15) is 8.78 Å². The maximum absolute atomic E-state index is 13.7. The molecule has 2 N–H and O–H groups in total. The van der Waals surface area contributed by atoms with Crippen molar-refractivity contribution in [2.24, 2.45) is 5.73 Å². The summed E-state index contributed by atoms with van der Waals surface area (Å²) in [7, 11) is 0. The van der Waals surface area contributed by atoms with Crippen molar-refractivity contribution in [1.82, 2.24) is 0 Å². The molecule has 0 spiro atoms. The van der Waals surface area contributed by atoms with Crippen LogP contribution in [0.4, 0.5) is 8.78 Å². The van der Waals surface area contributed by atoms with Gasteiger partial charge >= 0.3 is 0 Å². The van der Waals surface area contributed by atoms with Crippen LogP contribution in [-0.4, -0.2) is 0 Å². The Bertz CT molecular complexity index is 599. The van der Waals surface area contributed by atoms with Crippen molar-refractivity contribution in [3.63, 3.8) is 0 Å². The summed E-state index contributed by atoms with van der Waals surface area (Å²) in [6.45, 7) is 1.86. The first kappa shape index (κ1) is 14.0. The number of halogens is 3. The van der Waals surface area contributed by atoms with E-state index in [0.717, 1.165) is 5.56 Å². The minimum Gasteiger partial charge on any atom is -0.324 e. The fourth-order valence-electron chi connectivity index (χ4n) is 1.98. The van der Waals surface area contributed by atoms with Gasteiger partial charge in [-0.25, -0.2) is 8.78 Å². The first-order chi connectivity index (χ1) is 8.97. The van der Waals surface area contributed by atoms with Crippen LogP contribution < -0.4 is 5.73 Å². The van der Waals surface area contributed by atoms with Gasteiger partial charge in [0.25, 0.3) is 0 Å². The molecule has 100 valence electrons. The number of hydrogen-bond acceptors (Lipinski definition) is 1. The van der Waals surface area contributed by atoms with Gasteiger partial charge in [-0.1, -0.05) is 35.4 Å². The monoisotopic (exact) mass is 281 g/mol. The zero-order valence-corrected chi connectivity index (χ0v) is 11.2. The lowest BCUT2D eigenvalue weighted by Crippen LogP contribution is -2.16. The van der Waals surface area contributed by atoms with E-state index in [2.05, 4.69) is 0 Å². The lowest BCUT2D eigenvalue weighted by Gasteiger charge is -2.14. The van der Waals surface area contributed by atoms with Gasteiger partial charge in [-0.2, -0.15) is 0 Å². The van der Waals surface area contributed by atoms with E-state index in [1.807, 2.05) is 6.92 Å². The van der Waals surface area contributed by atoms with Gasteiger partial charge in [0.05, 0.1) is 0 Å². The summed E-state index contributed by atoms with van der Waals surface area (Å²) < 4.78 is 27.4. The SMILES string of the molecule is Cc1ccc(F)c(C(N)Cc2ccc(Cl)cc2F)c1. The predicted molar refractivity (Wildman–Crippen MR) is 73.2 cm³/mol. The second-order valence-electron chi connectivity index (χ2n) is 4.57. The van der Waals surface area contributed by atoms with Gasteiger partial charge in [0, 0.05) is 16.6 Å². The van der Waals surface area contributed by atoms with Crippen molar-refractivity contribution in [3.05, 3.63) is 69.7 Å². The molecule has 0 saturated heterocycles. The maximum Gasteiger partial charge on any atom is 0.128 e. The smallest absolute Gasteiger partial charge is 0.128 e. The average Bonchev–Trinajstić information content (AvgIpc) is 2.35. The fraction of sp³-hybridized carbons (Fsp3) is 0.200. The third-order valence-electron chi connectivity index (χ3n) is 3.01. The summed E-state index contributed by atoms with van der Waals surface area (Å²) in [5, 5.41) is 0.330. The average molecular weight is 282 g/mol. The van der Waals surface area contributed by atoms with E-state index in [0.29, 0.717) is 16.1 Å². The molecule has 0 amide bonds. The Kier molecular flexibility index (Phi) is 4.17. The second kappa shape index (κ2) is 5.68. The van der Waals surface area contributed by atoms with E-state index >= 15 is 0 Å². The Labute approximate surface area is 116 Å². The Hall–Kier alpha value is -1.45. The lowest BCUT2D eigenvalue weighted by molar-refractivity contribution is 0.563. The normalized spacial score (nSPS) is 12.5. The fourth-order valence-corrected chi connectivity index (χ4v) is 2.14. The molecular formula is C15H14ClF2N. The van der Waals surface area contributed by atoms with Gasteiger partial charge in [-0.05, 0) is 37.1 Å². The summed E-state index contributed by atoms with van der Waals surface area (Å²) in [6, 6.07) is 8.56. The molecule has 0 aliphatic carbocycles. The summed E-state index contributed by atoms with van der Waals surface area (Å²) in [4.78, 5) is 0. The summed E-state index contributed by atoms with van der Waals surface area (Å²) in [5.41, 5.74) is 7.71. The predicted octanol–water partition coefficient (Wildman–Crippen LogP) is 4.17. The highest BCUT2D eigenvalue weighted by Gasteiger charge is 2.14. The highest BCUT2D eigenvalue weighted by atomic mass is 35.5. The molecule has 0 saturated carbocycles. The maximum atomic E-state index is 13.7. The molecule has 1 nitrogen and oxygen atoms in total. The van der Waals surface area contributed by atoms with Crippen molar-refractivity contribution < 1.29 is 8.78 Å². The Morgan fingerprint density at radius 1 is 1.11 bits per heavy atom. The molecule has 0 aromatic heterocycles. The van der Waals surface area contributed by atoms with Gasteiger partial charge in [0.1, 0.15) is 11.6 Å².